The number of nitrogens with one attached hydrogen (secondary N) is 1. The van der Waals surface area contributed by atoms with Crippen molar-refractivity contribution in [2.45, 2.75) is 13.3 Å². The maximum atomic E-state index is 16.5. The number of benzene rings is 3. The maximum Gasteiger partial charge on any atom is 0.314 e. The van der Waals surface area contributed by atoms with Gasteiger partial charge < -0.3 is 31.1 Å². The lowest BCUT2D eigenvalue weighted by Gasteiger charge is -2.35. The van der Waals surface area contributed by atoms with Gasteiger partial charge in [0.1, 0.15) is 17.1 Å². The molecule has 0 spiro atoms. The Morgan fingerprint density at radius 1 is 1.12 bits per heavy atom. The fourth-order valence-electron chi connectivity index (χ4n) is 5.01. The predicted octanol–water partition coefficient (Wildman–Crippen LogP) is 4.67. The van der Waals surface area contributed by atoms with Crippen LogP contribution in [0.15, 0.2) is 42.5 Å². The Bertz CT molecular complexity index is 1630. The van der Waals surface area contributed by atoms with Crippen molar-refractivity contribution >= 4 is 57.0 Å². The number of urea groups is 1. The quantitative estimate of drug-likeness (QED) is 0.252. The van der Waals surface area contributed by atoms with Crippen LogP contribution in [0.5, 0.6) is 5.75 Å². The zero-order valence-corrected chi connectivity index (χ0v) is 22.5. The molecule has 0 bridgehead atoms. The summed E-state index contributed by atoms with van der Waals surface area (Å²) in [6.07, 6.45) is 0.385. The lowest BCUT2D eigenvalue weighted by Crippen LogP contribution is -2.50. The van der Waals surface area contributed by atoms with Gasteiger partial charge in [0, 0.05) is 43.7 Å². The highest BCUT2D eigenvalue weighted by Crippen LogP contribution is 2.42. The van der Waals surface area contributed by atoms with Gasteiger partial charge in [-0.1, -0.05) is 42.8 Å². The summed E-state index contributed by atoms with van der Waals surface area (Å²) in [4.78, 5) is 35.7. The second-order valence-corrected chi connectivity index (χ2v) is 10.1. The zero-order chi connectivity index (χ0) is 28.6. The minimum atomic E-state index is -0.963. The molecule has 5 rings (SSSR count). The summed E-state index contributed by atoms with van der Waals surface area (Å²) >= 11 is 6.72. The summed E-state index contributed by atoms with van der Waals surface area (Å²) in [5.74, 6) is -1.94. The van der Waals surface area contributed by atoms with Crippen LogP contribution in [0, 0.1) is 11.7 Å². The number of amides is 2. The Morgan fingerprint density at radius 2 is 1.85 bits per heavy atom. The molecule has 1 aromatic heterocycles. The molecule has 12 heteroatoms. The number of halogens is 2. The summed E-state index contributed by atoms with van der Waals surface area (Å²) in [6, 6.07) is 11.4. The number of carboxylic acid groups (broad SMARTS) is 1. The first kappa shape index (κ1) is 27.2. The topological polar surface area (TPSA) is 145 Å². The molecule has 0 saturated carbocycles. The number of fused-ring (bicyclic) bond motifs is 2. The molecule has 1 atom stereocenters. The molecule has 10 nitrogen and oxygen atoms in total. The van der Waals surface area contributed by atoms with Crippen molar-refractivity contribution in [3.8, 4) is 16.9 Å². The van der Waals surface area contributed by atoms with E-state index < -0.39 is 23.7 Å². The molecule has 4 aromatic rings. The summed E-state index contributed by atoms with van der Waals surface area (Å²) in [7, 11) is 0. The standard InChI is InChI=1S/C28H28ClFN6O4/c1-2-15(26(38)39)14-32-28-33-24-20(25(34-28)35-7-9-36(10-8-35)27(31)40)13-21(29)22(23(24)30)19-12-17(37)11-16-5-3-4-6-18(16)19/h3-6,11-13,15,37H,2,7-10,14H2,1H3,(H2,31,40)(H,38,39)(H,32,33,34). The number of anilines is 2. The predicted molar refractivity (Wildman–Crippen MR) is 152 cm³/mol. The Hall–Kier alpha value is -4.38. The van der Waals surface area contributed by atoms with Crippen molar-refractivity contribution in [1.29, 1.82) is 0 Å². The van der Waals surface area contributed by atoms with Crippen LogP contribution >= 0.6 is 11.6 Å². The number of phenolic OH excluding ortho intramolecular Hbond substituents is 1. The Balaban J connectivity index is 1.68. The third kappa shape index (κ3) is 5.12. The number of nitrogens with two attached hydrogens (primary N) is 1. The number of carbonyl (C=O) groups is 2. The molecule has 2 heterocycles. The number of rotatable bonds is 7. The van der Waals surface area contributed by atoms with E-state index in [1.807, 2.05) is 29.2 Å². The minimum absolute atomic E-state index is 0.0139. The first-order valence-corrected chi connectivity index (χ1v) is 13.2. The molecule has 1 unspecified atom stereocenters. The monoisotopic (exact) mass is 566 g/mol. The second kappa shape index (κ2) is 11.0. The van der Waals surface area contributed by atoms with Gasteiger partial charge in [-0.05, 0) is 41.0 Å². The fourth-order valence-corrected chi connectivity index (χ4v) is 5.30. The number of nitrogens with zero attached hydrogens (tertiary/aromatic N) is 4. The van der Waals surface area contributed by atoms with Gasteiger partial charge in [-0.3, -0.25) is 4.79 Å². The van der Waals surface area contributed by atoms with Crippen molar-refractivity contribution in [2.24, 2.45) is 11.7 Å². The number of piperazine rings is 1. The van der Waals surface area contributed by atoms with Crippen LogP contribution in [0.25, 0.3) is 32.8 Å². The summed E-state index contributed by atoms with van der Waals surface area (Å²) in [5, 5.41) is 24.7. The van der Waals surface area contributed by atoms with Gasteiger partial charge in [0.05, 0.1) is 10.9 Å². The van der Waals surface area contributed by atoms with Crippen LogP contribution in [0.4, 0.5) is 21.0 Å². The number of phenols is 1. The highest BCUT2D eigenvalue weighted by atomic mass is 35.5. The van der Waals surface area contributed by atoms with Gasteiger partial charge in [-0.25, -0.2) is 14.2 Å². The highest BCUT2D eigenvalue weighted by molar-refractivity contribution is 6.35. The van der Waals surface area contributed by atoms with E-state index in [9.17, 15) is 19.8 Å². The fraction of sp³-hybridized carbons (Fsp3) is 0.286. The SMILES string of the molecule is CCC(CNc1nc(N2CCN(C(N)=O)CC2)c2cc(Cl)c(-c3cc(O)cc4ccccc34)c(F)c2n1)C(=O)O. The second-order valence-electron chi connectivity index (χ2n) is 9.67. The van der Waals surface area contributed by atoms with E-state index in [0.717, 1.165) is 0 Å². The van der Waals surface area contributed by atoms with Crippen LogP contribution < -0.4 is 16.0 Å². The third-order valence-electron chi connectivity index (χ3n) is 7.22. The minimum Gasteiger partial charge on any atom is -0.508 e. The van der Waals surface area contributed by atoms with Crippen LogP contribution in [-0.2, 0) is 4.79 Å². The average Bonchev–Trinajstić information content (AvgIpc) is 2.93. The normalized spacial score (nSPS) is 14.5. The number of primary amides is 1. The van der Waals surface area contributed by atoms with Gasteiger partial charge >= 0.3 is 12.0 Å². The number of carbonyl (C=O) groups excluding carboxylic acids is 1. The van der Waals surface area contributed by atoms with Crippen LogP contribution in [-0.4, -0.2) is 69.8 Å². The van der Waals surface area contributed by atoms with Gasteiger partial charge in [0.2, 0.25) is 5.95 Å². The van der Waals surface area contributed by atoms with Gasteiger partial charge in [0.15, 0.2) is 5.82 Å². The number of hydrogen-bond donors (Lipinski definition) is 4. The van der Waals surface area contributed by atoms with E-state index >= 15 is 4.39 Å². The van der Waals surface area contributed by atoms with Crippen LogP contribution in [0.2, 0.25) is 5.02 Å². The Morgan fingerprint density at radius 3 is 2.52 bits per heavy atom. The molecular formula is C28H28ClFN6O4. The molecule has 1 aliphatic rings. The highest BCUT2D eigenvalue weighted by Gasteiger charge is 2.26. The van der Waals surface area contributed by atoms with Gasteiger partial charge in [-0.2, -0.15) is 4.98 Å². The van der Waals surface area contributed by atoms with Gasteiger partial charge in [0.25, 0.3) is 0 Å². The van der Waals surface area contributed by atoms with E-state index in [-0.39, 0.29) is 34.3 Å². The van der Waals surface area contributed by atoms with E-state index in [1.54, 1.807) is 19.1 Å². The number of carboxylic acids is 1. The van der Waals surface area contributed by atoms with Crippen molar-refractivity contribution < 1.29 is 24.2 Å². The summed E-state index contributed by atoms with van der Waals surface area (Å²) in [5.41, 5.74) is 5.90. The smallest absolute Gasteiger partial charge is 0.314 e. The molecule has 1 fully saturated rings. The summed E-state index contributed by atoms with van der Waals surface area (Å²) in [6.45, 7) is 3.29. The first-order chi connectivity index (χ1) is 19.2. The molecule has 0 radical (unpaired) electrons. The Labute approximate surface area is 234 Å². The number of hydrogen-bond acceptors (Lipinski definition) is 7. The van der Waals surface area contributed by atoms with Crippen molar-refractivity contribution in [2.75, 3.05) is 42.9 Å². The first-order valence-electron chi connectivity index (χ1n) is 12.9. The van der Waals surface area contributed by atoms with Crippen molar-refractivity contribution in [1.82, 2.24) is 14.9 Å². The molecule has 208 valence electrons. The van der Waals surface area contributed by atoms with Crippen molar-refractivity contribution in [3.63, 3.8) is 0 Å². The molecule has 1 saturated heterocycles. The van der Waals surface area contributed by atoms with E-state index in [1.165, 1.54) is 11.0 Å². The molecule has 40 heavy (non-hydrogen) atoms. The lowest BCUT2D eigenvalue weighted by atomic mass is 9.96. The molecule has 5 N–H and O–H groups in total. The van der Waals surface area contributed by atoms with E-state index in [4.69, 9.17) is 17.3 Å². The number of aromatic hydroxyl groups is 1. The van der Waals surface area contributed by atoms with Crippen LogP contribution in [0.3, 0.4) is 0 Å². The number of aromatic nitrogens is 2. The third-order valence-corrected chi connectivity index (χ3v) is 7.52. The molecule has 1 aliphatic heterocycles. The molecule has 0 aliphatic carbocycles. The van der Waals surface area contributed by atoms with Crippen molar-refractivity contribution in [3.05, 3.63) is 53.3 Å². The average molecular weight is 567 g/mol. The zero-order valence-electron chi connectivity index (χ0n) is 21.7. The van der Waals surface area contributed by atoms with Gasteiger partial charge in [-0.15, -0.1) is 0 Å². The maximum absolute atomic E-state index is 16.5. The molecule has 3 aromatic carbocycles. The van der Waals surface area contributed by atoms with E-state index in [0.29, 0.717) is 60.1 Å². The van der Waals surface area contributed by atoms with E-state index in [2.05, 4.69) is 15.3 Å². The summed E-state index contributed by atoms with van der Waals surface area (Å²) < 4.78 is 16.5. The largest absolute Gasteiger partial charge is 0.508 e. The Kier molecular flexibility index (Phi) is 7.49. The molecule has 2 amide bonds. The van der Waals surface area contributed by atoms with Crippen LogP contribution in [0.1, 0.15) is 13.3 Å². The molecular weight excluding hydrogens is 539 g/mol. The number of aliphatic carboxylic acids is 1. The lowest BCUT2D eigenvalue weighted by molar-refractivity contribution is -0.141.